The van der Waals surface area contributed by atoms with Gasteiger partial charge in [0, 0.05) is 32.4 Å². The van der Waals surface area contributed by atoms with Gasteiger partial charge in [-0.25, -0.2) is 4.98 Å². The molecule has 7 heteroatoms. The molecular formula is C22H32IN5O. The van der Waals surface area contributed by atoms with E-state index in [4.69, 9.17) is 4.74 Å². The molecule has 1 saturated heterocycles. The number of guanidine groups is 1. The van der Waals surface area contributed by atoms with Gasteiger partial charge in [0.1, 0.15) is 17.7 Å². The van der Waals surface area contributed by atoms with E-state index in [9.17, 15) is 0 Å². The van der Waals surface area contributed by atoms with Gasteiger partial charge in [0.2, 0.25) is 0 Å². The molecule has 1 atom stereocenters. The van der Waals surface area contributed by atoms with E-state index in [0.717, 1.165) is 49.0 Å². The fourth-order valence-electron chi connectivity index (χ4n) is 3.37. The summed E-state index contributed by atoms with van der Waals surface area (Å²) in [7, 11) is 1.81. The molecule has 2 N–H and O–H groups in total. The highest BCUT2D eigenvalue weighted by Crippen LogP contribution is 2.18. The van der Waals surface area contributed by atoms with Crippen molar-refractivity contribution in [3.63, 3.8) is 0 Å². The molecule has 29 heavy (non-hydrogen) atoms. The summed E-state index contributed by atoms with van der Waals surface area (Å²) in [5.41, 5.74) is 1.15. The van der Waals surface area contributed by atoms with E-state index in [1.165, 1.54) is 0 Å². The number of aromatic nitrogens is 1. The molecule has 1 aliphatic heterocycles. The number of aliphatic imine (C=N–C) groups is 1. The second-order valence-corrected chi connectivity index (χ2v) is 7.24. The minimum atomic E-state index is 0. The third-order valence-electron chi connectivity index (χ3n) is 5.01. The molecule has 1 aliphatic rings. The van der Waals surface area contributed by atoms with E-state index < -0.39 is 0 Å². The molecule has 0 radical (unpaired) electrons. The molecule has 1 fully saturated rings. The van der Waals surface area contributed by atoms with Crippen molar-refractivity contribution in [2.45, 2.75) is 38.8 Å². The average molecular weight is 509 g/mol. The standard InChI is InChI=1S/C22H31N5O.HI/c1-17-8-4-5-9-20(17)28-18(2)16-25-22(23-3)26-19-11-14-27(15-12-19)21-10-6-7-13-24-21;/h4-10,13,18-19H,11-12,14-16H2,1-3H3,(H2,23,25,26);1H. The molecule has 3 rings (SSSR count). The highest BCUT2D eigenvalue weighted by atomic mass is 127. The number of anilines is 1. The topological polar surface area (TPSA) is 61.8 Å². The molecule has 0 spiro atoms. The summed E-state index contributed by atoms with van der Waals surface area (Å²) >= 11 is 0. The number of piperidine rings is 1. The Morgan fingerprint density at radius 2 is 1.93 bits per heavy atom. The number of aryl methyl sites for hydroxylation is 1. The van der Waals surface area contributed by atoms with Gasteiger partial charge in [-0.15, -0.1) is 24.0 Å². The lowest BCUT2D eigenvalue weighted by molar-refractivity contribution is 0.222. The Hall–Kier alpha value is -2.03. The van der Waals surface area contributed by atoms with Crippen LogP contribution in [0.3, 0.4) is 0 Å². The highest BCUT2D eigenvalue weighted by molar-refractivity contribution is 14.0. The average Bonchev–Trinajstić information content (AvgIpc) is 2.74. The van der Waals surface area contributed by atoms with Crippen LogP contribution in [0.1, 0.15) is 25.3 Å². The van der Waals surface area contributed by atoms with Crippen molar-refractivity contribution >= 4 is 35.8 Å². The summed E-state index contributed by atoms with van der Waals surface area (Å²) in [6, 6.07) is 14.6. The summed E-state index contributed by atoms with van der Waals surface area (Å²) in [6.07, 6.45) is 4.02. The van der Waals surface area contributed by atoms with Crippen LogP contribution >= 0.6 is 24.0 Å². The first kappa shape index (κ1) is 23.3. The molecule has 2 aromatic rings. The monoisotopic (exact) mass is 509 g/mol. The second-order valence-electron chi connectivity index (χ2n) is 7.24. The Morgan fingerprint density at radius 1 is 1.21 bits per heavy atom. The maximum absolute atomic E-state index is 6.03. The van der Waals surface area contributed by atoms with Gasteiger partial charge < -0.3 is 20.3 Å². The second kappa shape index (κ2) is 11.8. The maximum atomic E-state index is 6.03. The molecule has 1 unspecified atom stereocenters. The van der Waals surface area contributed by atoms with E-state index in [1.54, 1.807) is 0 Å². The number of pyridine rings is 1. The number of ether oxygens (including phenoxy) is 1. The predicted molar refractivity (Wildman–Crippen MR) is 131 cm³/mol. The van der Waals surface area contributed by atoms with Crippen LogP contribution in [0.15, 0.2) is 53.7 Å². The minimum Gasteiger partial charge on any atom is -0.489 e. The molecular weight excluding hydrogens is 477 g/mol. The number of hydrogen-bond acceptors (Lipinski definition) is 4. The molecule has 0 bridgehead atoms. The van der Waals surface area contributed by atoms with Crippen LogP contribution in [0.2, 0.25) is 0 Å². The van der Waals surface area contributed by atoms with Crippen molar-refractivity contribution in [2.75, 3.05) is 31.6 Å². The van der Waals surface area contributed by atoms with Crippen molar-refractivity contribution in [3.05, 3.63) is 54.2 Å². The van der Waals surface area contributed by atoms with Gasteiger partial charge in [0.25, 0.3) is 0 Å². The summed E-state index contributed by atoms with van der Waals surface area (Å²) in [6.45, 7) is 6.82. The van der Waals surface area contributed by atoms with Gasteiger partial charge in [-0.1, -0.05) is 24.3 Å². The smallest absolute Gasteiger partial charge is 0.191 e. The van der Waals surface area contributed by atoms with E-state index >= 15 is 0 Å². The van der Waals surface area contributed by atoms with Crippen molar-refractivity contribution in [1.82, 2.24) is 15.6 Å². The lowest BCUT2D eigenvalue weighted by Crippen LogP contribution is -2.50. The van der Waals surface area contributed by atoms with Crippen molar-refractivity contribution in [1.29, 1.82) is 0 Å². The van der Waals surface area contributed by atoms with Crippen LogP contribution < -0.4 is 20.3 Å². The summed E-state index contributed by atoms with van der Waals surface area (Å²) in [4.78, 5) is 11.2. The summed E-state index contributed by atoms with van der Waals surface area (Å²) in [5, 5.41) is 6.93. The number of halogens is 1. The van der Waals surface area contributed by atoms with E-state index in [2.05, 4.69) is 51.5 Å². The number of nitrogens with zero attached hydrogens (tertiary/aromatic N) is 3. The SMILES string of the molecule is CN=C(NCC(C)Oc1ccccc1C)NC1CCN(c2ccccn2)CC1.I. The Kier molecular flexibility index (Phi) is 9.50. The Balaban J connectivity index is 0.00000300. The third-order valence-corrected chi connectivity index (χ3v) is 5.01. The van der Waals surface area contributed by atoms with Gasteiger partial charge in [0.05, 0.1) is 6.54 Å². The highest BCUT2D eigenvalue weighted by Gasteiger charge is 2.21. The zero-order chi connectivity index (χ0) is 19.8. The number of nitrogens with one attached hydrogen (secondary N) is 2. The van der Waals surface area contributed by atoms with Gasteiger partial charge >= 0.3 is 0 Å². The Morgan fingerprint density at radius 3 is 2.59 bits per heavy atom. The van der Waals surface area contributed by atoms with Gasteiger partial charge in [-0.2, -0.15) is 0 Å². The molecule has 6 nitrogen and oxygen atoms in total. The normalized spacial score (nSPS) is 16.0. The molecule has 1 aromatic heterocycles. The van der Waals surface area contributed by atoms with Gasteiger partial charge in [-0.3, -0.25) is 4.99 Å². The molecule has 0 saturated carbocycles. The zero-order valence-electron chi connectivity index (χ0n) is 17.5. The van der Waals surface area contributed by atoms with E-state index in [1.807, 2.05) is 43.6 Å². The van der Waals surface area contributed by atoms with Crippen LogP contribution in [0.25, 0.3) is 0 Å². The number of hydrogen-bond donors (Lipinski definition) is 2. The molecule has 0 amide bonds. The van der Waals surface area contributed by atoms with Crippen molar-refractivity contribution in [3.8, 4) is 5.75 Å². The van der Waals surface area contributed by atoms with Gasteiger partial charge in [0.15, 0.2) is 5.96 Å². The molecule has 1 aromatic carbocycles. The maximum Gasteiger partial charge on any atom is 0.191 e. The lowest BCUT2D eigenvalue weighted by Gasteiger charge is -2.33. The fraction of sp³-hybridized carbons (Fsp3) is 0.455. The minimum absolute atomic E-state index is 0. The van der Waals surface area contributed by atoms with Crippen molar-refractivity contribution < 1.29 is 4.74 Å². The first-order valence-electron chi connectivity index (χ1n) is 10.0. The zero-order valence-corrected chi connectivity index (χ0v) is 19.8. The predicted octanol–water partition coefficient (Wildman–Crippen LogP) is 3.61. The lowest BCUT2D eigenvalue weighted by atomic mass is 10.1. The molecule has 158 valence electrons. The van der Waals surface area contributed by atoms with Crippen LogP contribution in [-0.4, -0.2) is 49.8 Å². The Bertz CT molecular complexity index is 763. The van der Waals surface area contributed by atoms with Crippen LogP contribution in [0.5, 0.6) is 5.75 Å². The fourth-order valence-corrected chi connectivity index (χ4v) is 3.37. The van der Waals surface area contributed by atoms with E-state index in [-0.39, 0.29) is 30.1 Å². The quantitative estimate of drug-likeness (QED) is 0.354. The van der Waals surface area contributed by atoms with Crippen LogP contribution in [-0.2, 0) is 0 Å². The molecule has 2 heterocycles. The number of rotatable bonds is 6. The third kappa shape index (κ3) is 7.06. The van der Waals surface area contributed by atoms with E-state index in [0.29, 0.717) is 12.6 Å². The van der Waals surface area contributed by atoms with Crippen LogP contribution in [0.4, 0.5) is 5.82 Å². The number of para-hydroxylation sites is 1. The van der Waals surface area contributed by atoms with Gasteiger partial charge in [-0.05, 0) is 50.5 Å². The van der Waals surface area contributed by atoms with Crippen LogP contribution in [0, 0.1) is 6.92 Å². The summed E-state index contributed by atoms with van der Waals surface area (Å²) < 4.78 is 6.03. The molecule has 0 aliphatic carbocycles. The van der Waals surface area contributed by atoms with Crippen molar-refractivity contribution in [2.24, 2.45) is 4.99 Å². The summed E-state index contributed by atoms with van der Waals surface area (Å²) in [5.74, 6) is 2.82. The first-order valence-corrected chi connectivity index (χ1v) is 10.0. The Labute approximate surface area is 191 Å². The first-order chi connectivity index (χ1) is 13.7. The largest absolute Gasteiger partial charge is 0.489 e. The number of benzene rings is 1.